The van der Waals surface area contributed by atoms with Crippen LogP contribution in [-0.2, 0) is 0 Å². The number of rotatable bonds is 9. The lowest BCUT2D eigenvalue weighted by Gasteiger charge is -2.29. The first-order valence-electron chi connectivity index (χ1n) is 7.69. The van der Waals surface area contributed by atoms with Gasteiger partial charge in [-0.15, -0.1) is 0 Å². The van der Waals surface area contributed by atoms with Gasteiger partial charge in [-0.05, 0) is 38.9 Å². The van der Waals surface area contributed by atoms with E-state index >= 15 is 0 Å². The summed E-state index contributed by atoms with van der Waals surface area (Å²) in [6.07, 6.45) is 14.2. The van der Waals surface area contributed by atoms with E-state index in [0.29, 0.717) is 0 Å². The van der Waals surface area contributed by atoms with E-state index in [-0.39, 0.29) is 0 Å². The molecule has 0 aromatic heterocycles. The Morgan fingerprint density at radius 1 is 0.882 bits per heavy atom. The SMILES string of the molecule is CCCCCCCCCCN1CCC(Br)CC1. The van der Waals surface area contributed by atoms with Gasteiger partial charge in [-0.25, -0.2) is 0 Å². The molecule has 1 heterocycles. The highest BCUT2D eigenvalue weighted by molar-refractivity contribution is 9.09. The van der Waals surface area contributed by atoms with Crippen LogP contribution in [0, 0.1) is 0 Å². The molecule has 1 nitrogen and oxygen atoms in total. The molecule has 0 spiro atoms. The maximum absolute atomic E-state index is 3.71. The third-order valence-electron chi connectivity index (χ3n) is 3.85. The lowest BCUT2D eigenvalue weighted by Crippen LogP contribution is -2.34. The van der Waals surface area contributed by atoms with Crippen LogP contribution in [0.2, 0.25) is 0 Å². The van der Waals surface area contributed by atoms with E-state index in [0.717, 1.165) is 4.83 Å². The fourth-order valence-corrected chi connectivity index (χ4v) is 3.00. The number of likely N-dealkylation sites (tertiary alicyclic amines) is 1. The van der Waals surface area contributed by atoms with Gasteiger partial charge in [0.2, 0.25) is 0 Å². The second kappa shape index (κ2) is 10.4. The summed E-state index contributed by atoms with van der Waals surface area (Å²) in [7, 11) is 0. The Hall–Kier alpha value is 0.440. The summed E-state index contributed by atoms with van der Waals surface area (Å²) in [5.74, 6) is 0. The third-order valence-corrected chi connectivity index (χ3v) is 4.76. The molecule has 102 valence electrons. The van der Waals surface area contributed by atoms with Crippen LogP contribution < -0.4 is 0 Å². The summed E-state index contributed by atoms with van der Waals surface area (Å²) in [6.45, 7) is 6.25. The normalized spacial score (nSPS) is 18.7. The molecule has 0 aromatic rings. The average molecular weight is 304 g/mol. The van der Waals surface area contributed by atoms with Crippen LogP contribution in [0.1, 0.15) is 71.1 Å². The van der Waals surface area contributed by atoms with E-state index in [1.807, 2.05) is 0 Å². The molecule has 0 aromatic carbocycles. The van der Waals surface area contributed by atoms with E-state index in [4.69, 9.17) is 0 Å². The second-order valence-corrected chi connectivity index (χ2v) is 6.79. The molecule has 1 rings (SSSR count). The number of nitrogens with zero attached hydrogens (tertiary/aromatic N) is 1. The van der Waals surface area contributed by atoms with Gasteiger partial charge in [-0.2, -0.15) is 0 Å². The summed E-state index contributed by atoms with van der Waals surface area (Å²) in [6, 6.07) is 0. The fraction of sp³-hybridized carbons (Fsp3) is 1.00. The van der Waals surface area contributed by atoms with E-state index in [9.17, 15) is 0 Å². The topological polar surface area (TPSA) is 3.24 Å². The van der Waals surface area contributed by atoms with Crippen molar-refractivity contribution in [3.05, 3.63) is 0 Å². The van der Waals surface area contributed by atoms with E-state index in [1.165, 1.54) is 83.8 Å². The Balaban J connectivity index is 1.81. The lowest BCUT2D eigenvalue weighted by molar-refractivity contribution is 0.229. The highest BCUT2D eigenvalue weighted by Crippen LogP contribution is 2.18. The maximum Gasteiger partial charge on any atom is 0.0170 e. The Kier molecular flexibility index (Phi) is 9.45. The first-order chi connectivity index (χ1) is 8.33. The number of alkyl halides is 1. The molecule has 0 unspecified atom stereocenters. The van der Waals surface area contributed by atoms with Crippen LogP contribution in [0.4, 0.5) is 0 Å². The van der Waals surface area contributed by atoms with Crippen LogP contribution in [-0.4, -0.2) is 29.4 Å². The smallest absolute Gasteiger partial charge is 0.0170 e. The summed E-state index contributed by atoms with van der Waals surface area (Å²) < 4.78 is 0. The standard InChI is InChI=1S/C15H30BrN/c1-2-3-4-5-6-7-8-9-12-17-13-10-15(16)11-14-17/h15H,2-14H2,1H3. The molecule has 0 bridgehead atoms. The van der Waals surface area contributed by atoms with E-state index in [1.54, 1.807) is 0 Å². The van der Waals surface area contributed by atoms with Crippen molar-refractivity contribution in [2.75, 3.05) is 19.6 Å². The summed E-state index contributed by atoms with van der Waals surface area (Å²) in [5, 5.41) is 0. The zero-order valence-corrected chi connectivity index (χ0v) is 13.2. The van der Waals surface area contributed by atoms with Crippen molar-refractivity contribution in [3.63, 3.8) is 0 Å². The van der Waals surface area contributed by atoms with Crippen molar-refractivity contribution in [1.29, 1.82) is 0 Å². The van der Waals surface area contributed by atoms with Gasteiger partial charge >= 0.3 is 0 Å². The number of piperidine rings is 1. The predicted octanol–water partition coefficient (Wildman–Crippen LogP) is 4.99. The van der Waals surface area contributed by atoms with E-state index < -0.39 is 0 Å². The molecule has 0 N–H and O–H groups in total. The highest BCUT2D eigenvalue weighted by Gasteiger charge is 2.15. The predicted molar refractivity (Wildman–Crippen MR) is 81.0 cm³/mol. The molecule has 1 aliphatic heterocycles. The summed E-state index contributed by atoms with van der Waals surface area (Å²) in [5.41, 5.74) is 0. The molecule has 2 heteroatoms. The zero-order chi connectivity index (χ0) is 12.3. The second-order valence-electron chi connectivity index (χ2n) is 5.49. The van der Waals surface area contributed by atoms with Crippen molar-refractivity contribution >= 4 is 15.9 Å². The molecule has 0 radical (unpaired) electrons. The van der Waals surface area contributed by atoms with Crippen LogP contribution in [0.5, 0.6) is 0 Å². The van der Waals surface area contributed by atoms with E-state index in [2.05, 4.69) is 27.8 Å². The van der Waals surface area contributed by atoms with Crippen molar-refractivity contribution < 1.29 is 0 Å². The van der Waals surface area contributed by atoms with Gasteiger partial charge in [0, 0.05) is 4.83 Å². The van der Waals surface area contributed by atoms with Gasteiger partial charge in [0.25, 0.3) is 0 Å². The average Bonchev–Trinajstić information content (AvgIpc) is 2.35. The molecule has 0 saturated carbocycles. The number of unbranched alkanes of at least 4 members (excludes halogenated alkanes) is 7. The molecular weight excluding hydrogens is 274 g/mol. The zero-order valence-electron chi connectivity index (χ0n) is 11.6. The molecule has 0 amide bonds. The van der Waals surface area contributed by atoms with Gasteiger partial charge in [-0.3, -0.25) is 0 Å². The number of hydrogen-bond donors (Lipinski definition) is 0. The number of hydrogen-bond acceptors (Lipinski definition) is 1. The van der Waals surface area contributed by atoms with Crippen LogP contribution in [0.3, 0.4) is 0 Å². The van der Waals surface area contributed by atoms with Crippen molar-refractivity contribution in [1.82, 2.24) is 4.90 Å². The minimum Gasteiger partial charge on any atom is -0.303 e. The Labute approximate surface area is 116 Å². The minimum atomic E-state index is 0.789. The van der Waals surface area contributed by atoms with Crippen molar-refractivity contribution in [2.24, 2.45) is 0 Å². The van der Waals surface area contributed by atoms with Gasteiger partial charge in [0.05, 0.1) is 0 Å². The number of halogens is 1. The van der Waals surface area contributed by atoms with Gasteiger partial charge < -0.3 is 4.90 Å². The van der Waals surface area contributed by atoms with Gasteiger partial charge in [0.15, 0.2) is 0 Å². The molecule has 1 saturated heterocycles. The molecular formula is C15H30BrN. The van der Waals surface area contributed by atoms with Crippen LogP contribution >= 0.6 is 15.9 Å². The highest BCUT2D eigenvalue weighted by atomic mass is 79.9. The maximum atomic E-state index is 3.71. The fourth-order valence-electron chi connectivity index (χ4n) is 2.59. The Morgan fingerprint density at radius 3 is 2.00 bits per heavy atom. The summed E-state index contributed by atoms with van der Waals surface area (Å²) in [4.78, 5) is 3.44. The van der Waals surface area contributed by atoms with Gasteiger partial charge in [-0.1, -0.05) is 67.8 Å². The molecule has 0 aliphatic carbocycles. The van der Waals surface area contributed by atoms with Crippen molar-refractivity contribution in [2.45, 2.75) is 76.0 Å². The van der Waals surface area contributed by atoms with Crippen LogP contribution in [0.15, 0.2) is 0 Å². The Morgan fingerprint density at radius 2 is 1.41 bits per heavy atom. The monoisotopic (exact) mass is 303 g/mol. The van der Waals surface area contributed by atoms with Gasteiger partial charge in [0.1, 0.15) is 0 Å². The Bertz CT molecular complexity index is 164. The largest absolute Gasteiger partial charge is 0.303 e. The quantitative estimate of drug-likeness (QED) is 0.428. The van der Waals surface area contributed by atoms with Crippen LogP contribution in [0.25, 0.3) is 0 Å². The van der Waals surface area contributed by atoms with Crippen molar-refractivity contribution in [3.8, 4) is 0 Å². The molecule has 17 heavy (non-hydrogen) atoms. The first kappa shape index (κ1) is 15.5. The minimum absolute atomic E-state index is 0.789. The summed E-state index contributed by atoms with van der Waals surface area (Å²) >= 11 is 3.71. The lowest BCUT2D eigenvalue weighted by atomic mass is 10.1. The molecule has 1 aliphatic rings. The molecule has 0 atom stereocenters. The first-order valence-corrected chi connectivity index (χ1v) is 8.61. The third kappa shape index (κ3) is 8.20. The molecule has 1 fully saturated rings.